The molecule has 4 aromatic rings. The molecule has 0 saturated carbocycles. The van der Waals surface area contributed by atoms with Gasteiger partial charge >= 0.3 is 11.9 Å². The van der Waals surface area contributed by atoms with Gasteiger partial charge in [0.15, 0.2) is 46.0 Å². The number of carbonyl (C=O) groups excluding carboxylic acids is 4. The number of benzene rings is 4. The molecule has 2 amide bonds. The largest absolute Gasteiger partial charge is 0.504 e. The van der Waals surface area contributed by atoms with E-state index < -0.39 is 41.4 Å². The second-order valence-electron chi connectivity index (χ2n) is 23.3. The third-order valence-electron chi connectivity index (χ3n) is 18.4. The second kappa shape index (κ2) is 26.4. The van der Waals surface area contributed by atoms with Crippen LogP contribution in [0.25, 0.3) is 0 Å². The number of ether oxygens (including phenoxy) is 8. The molecular weight excluding hydrogens is 1260 g/mol. The van der Waals surface area contributed by atoms with E-state index in [0.29, 0.717) is 88.4 Å². The first kappa shape index (κ1) is 66.3. The topological polar surface area (TPSA) is 327 Å². The standard InChI is InChI=1S/C32H36N4O7.C31H37N3O8.Ag.HNO3/c1-7-8-24(38)34-13-23-26-19(30(43-17(4)37)16(3)31-32(26)42-14-41-31)11-21-27-25-18(9-15(2)29(40-6)28(25)39)10-20(35(27)5)22(12-33)36(21)23;1-7-8-22(36)32-12-21-24-18(28(42-16(4)35)15(3)29-30(24)41-13-40-29)11-19-25-23-17(9-14(2)27(39-6)26(23)37)10-20(33(25)5)31(38)34(19)21;;2-1(3)4/h7-9,20-23,27,39H,10-11,13-14H2,1-6H3,(H,34,38);7-9,19-21,25,31,37-38H,10-13H2,1-6H3,(H,32,36);;(H,2,3,4)/b2*8-7+;;/t20-,21?,22-,23-,27-;19?,20-,21-,25-,31-;;/m00../s1. The van der Waals surface area contributed by atoms with E-state index in [2.05, 4.69) is 31.4 Å². The number of fused-ring (bicyclic) bond motifs is 18. The number of methoxy groups -OCH3 is 2. The van der Waals surface area contributed by atoms with Crippen LogP contribution in [0.5, 0.6) is 57.5 Å². The van der Waals surface area contributed by atoms with Gasteiger partial charge in [0, 0.05) is 112 Å². The molecule has 4 bridgehead atoms. The molecule has 0 aromatic heterocycles. The van der Waals surface area contributed by atoms with Gasteiger partial charge in [-0.1, -0.05) is 24.3 Å². The SMILES string of the molecule is C/C=C/C(=O)NC[C@H]1c2c(c(OC(C)=O)c(C)c3c2OCO3)CC2[C@H]3c4c(cc(C)c(OC)c4O)C[C@@H]([C@H](C#N)N21)N3C.C/C=C/C(=O)NC[C@H]1c2c(c(OC(C)=O)c(C)c3c2OCO3)CC2[C@H]3c4c(cc(C)c(OC)c4O)C[C@@H]([C@H](O)N21)N3C.O=[N+]([O-])O.[Ag]. The molecule has 2 saturated heterocycles. The molecule has 6 N–H and O–H groups in total. The van der Waals surface area contributed by atoms with Gasteiger partial charge in [-0.15, -0.1) is 10.1 Å². The van der Waals surface area contributed by atoms with Gasteiger partial charge in [-0.2, -0.15) is 5.26 Å². The quantitative estimate of drug-likeness (QED) is 0.0291. The summed E-state index contributed by atoms with van der Waals surface area (Å²) in [6, 6.07) is 3.17. The second-order valence-corrected chi connectivity index (χ2v) is 23.3. The van der Waals surface area contributed by atoms with Crippen molar-refractivity contribution >= 4 is 23.8 Å². The van der Waals surface area contributed by atoms with Crippen molar-refractivity contribution in [2.75, 3.05) is 55.0 Å². The molecule has 8 aliphatic rings. The number of aryl methyl sites for hydroxylation is 2. The van der Waals surface area contributed by atoms with Crippen molar-refractivity contribution in [3.63, 3.8) is 0 Å². The molecule has 90 heavy (non-hydrogen) atoms. The Hall–Kier alpha value is -8.13. The summed E-state index contributed by atoms with van der Waals surface area (Å²) in [6.45, 7) is 14.0. The fourth-order valence-corrected chi connectivity index (χ4v) is 15.2. The van der Waals surface area contributed by atoms with Crippen molar-refractivity contribution < 1.29 is 105 Å². The minimum Gasteiger partial charge on any atom is -0.504 e. The first-order valence-electron chi connectivity index (χ1n) is 29.2. The number of amides is 2. The van der Waals surface area contributed by atoms with Gasteiger partial charge in [0.1, 0.15) is 23.8 Å². The van der Waals surface area contributed by atoms with Gasteiger partial charge in [-0.3, -0.25) is 38.8 Å². The predicted octanol–water partition coefficient (Wildman–Crippen LogP) is 5.35. The number of piperazine rings is 2. The van der Waals surface area contributed by atoms with Crippen molar-refractivity contribution in [2.45, 2.75) is 142 Å². The monoisotopic (exact) mass is 1340 g/mol. The number of hydrogen-bond donors (Lipinski definition) is 6. The van der Waals surface area contributed by atoms with Gasteiger partial charge in [-0.25, -0.2) is 0 Å². The van der Waals surface area contributed by atoms with E-state index in [1.54, 1.807) is 33.1 Å². The fraction of sp³-hybridized carbons (Fsp3) is 0.476. The molecule has 8 heterocycles. The number of esters is 2. The predicted molar refractivity (Wildman–Crippen MR) is 316 cm³/mol. The van der Waals surface area contributed by atoms with Crippen LogP contribution >= 0.6 is 0 Å². The Labute approximate surface area is 535 Å². The summed E-state index contributed by atoms with van der Waals surface area (Å²) >= 11 is 0. The molecule has 0 aliphatic carbocycles. The van der Waals surface area contributed by atoms with Crippen molar-refractivity contribution in [3.05, 3.63) is 113 Å². The van der Waals surface area contributed by atoms with Crippen molar-refractivity contribution in [1.82, 2.24) is 30.2 Å². The summed E-state index contributed by atoms with van der Waals surface area (Å²) in [5.74, 6) is 2.38. The van der Waals surface area contributed by atoms with E-state index in [4.69, 9.17) is 53.2 Å². The van der Waals surface area contributed by atoms with Gasteiger partial charge < -0.3 is 69.1 Å². The Balaban J connectivity index is 0.000000199. The molecule has 4 aromatic carbocycles. The molecule has 485 valence electrons. The summed E-state index contributed by atoms with van der Waals surface area (Å²) in [5, 5.41) is 65.5. The maximum Gasteiger partial charge on any atom is 0.308 e. The van der Waals surface area contributed by atoms with Crippen LogP contribution in [0.4, 0.5) is 0 Å². The molecule has 1 radical (unpaired) electrons. The van der Waals surface area contributed by atoms with E-state index >= 15 is 0 Å². The Kier molecular flexibility index (Phi) is 19.4. The third kappa shape index (κ3) is 11.3. The average molecular weight is 1340 g/mol. The number of phenols is 2. The van der Waals surface area contributed by atoms with E-state index in [0.717, 1.165) is 50.1 Å². The molecule has 27 heteroatoms. The number of nitriles is 1. The number of nitrogens with zero attached hydrogens (tertiary/aromatic N) is 6. The smallest absolute Gasteiger partial charge is 0.308 e. The number of allylic oxidation sites excluding steroid dienone is 2. The normalized spacial score (nSPS) is 24.5. The average Bonchev–Trinajstić information content (AvgIpc) is 0.869. The van der Waals surface area contributed by atoms with Crippen molar-refractivity contribution in [1.29, 1.82) is 5.26 Å². The molecule has 8 aliphatic heterocycles. The first-order chi connectivity index (χ1) is 42.4. The van der Waals surface area contributed by atoms with E-state index in [-0.39, 0.29) is 109 Å². The number of likely N-dealkylation sites (N-methyl/N-ethyl adjacent to an activating group) is 2. The van der Waals surface area contributed by atoms with E-state index in [1.165, 1.54) is 33.1 Å². The number of rotatable bonds is 10. The Morgan fingerprint density at radius 3 is 1.46 bits per heavy atom. The number of aliphatic hydroxyl groups is 1. The summed E-state index contributed by atoms with van der Waals surface area (Å²) < 4.78 is 46.6. The summed E-state index contributed by atoms with van der Waals surface area (Å²) in [4.78, 5) is 66.9. The molecule has 2 unspecified atom stereocenters. The number of nitrogens with one attached hydrogen (secondary N) is 2. The molecular formula is C63H74AgN8O18. The maximum absolute atomic E-state index is 12.7. The molecule has 26 nitrogen and oxygen atoms in total. The number of hydrogen-bond acceptors (Lipinski definition) is 22. The van der Waals surface area contributed by atoms with E-state index in [1.807, 2.05) is 58.8 Å². The molecule has 12 rings (SSSR count). The van der Waals surface area contributed by atoms with Gasteiger partial charge in [0.2, 0.25) is 25.4 Å². The van der Waals surface area contributed by atoms with Crippen LogP contribution in [-0.4, -0.2) is 160 Å². The Morgan fingerprint density at radius 1 is 0.667 bits per heavy atom. The molecule has 0 spiro atoms. The minimum atomic E-state index is -1.50. The molecule has 10 atom stereocenters. The summed E-state index contributed by atoms with van der Waals surface area (Å²) in [6.07, 6.45) is 7.15. The van der Waals surface area contributed by atoms with Crippen LogP contribution in [0, 0.1) is 49.1 Å². The van der Waals surface area contributed by atoms with Crippen molar-refractivity contribution in [3.8, 4) is 63.6 Å². The number of aliphatic hydroxyl groups excluding tert-OH is 1. The zero-order chi connectivity index (χ0) is 64.3. The Morgan fingerprint density at radius 2 is 1.06 bits per heavy atom. The van der Waals surface area contributed by atoms with Crippen LogP contribution in [0.3, 0.4) is 0 Å². The Bertz CT molecular complexity index is 3680. The van der Waals surface area contributed by atoms with Gasteiger partial charge in [0.05, 0.1) is 50.5 Å². The van der Waals surface area contributed by atoms with Gasteiger partial charge in [-0.05, 0) is 116 Å². The van der Waals surface area contributed by atoms with Crippen LogP contribution in [0.15, 0.2) is 36.4 Å². The molecule has 2 fully saturated rings. The van der Waals surface area contributed by atoms with Crippen LogP contribution in [0.1, 0.15) is 119 Å². The number of carbonyl (C=O) groups is 4. The first-order valence-corrected chi connectivity index (χ1v) is 29.2. The fourth-order valence-electron chi connectivity index (χ4n) is 15.2. The van der Waals surface area contributed by atoms with Gasteiger partial charge in [0.25, 0.3) is 5.09 Å². The summed E-state index contributed by atoms with van der Waals surface area (Å²) in [5.41, 5.74) is 9.37. The van der Waals surface area contributed by atoms with E-state index in [9.17, 15) is 39.8 Å². The minimum absolute atomic E-state index is 0. The van der Waals surface area contributed by atoms with Crippen molar-refractivity contribution in [2.24, 2.45) is 0 Å². The zero-order valence-corrected chi connectivity index (χ0v) is 53.4. The third-order valence-corrected chi connectivity index (χ3v) is 18.4. The van der Waals surface area contributed by atoms with Crippen LogP contribution in [-0.2, 0) is 67.2 Å². The number of phenolic OH excluding ortho intramolecular Hbond substituents is 2. The van der Waals surface area contributed by atoms with Crippen LogP contribution in [0.2, 0.25) is 0 Å². The zero-order valence-electron chi connectivity index (χ0n) is 51.9. The number of aromatic hydroxyl groups is 2. The van der Waals surface area contributed by atoms with Crippen LogP contribution < -0.4 is 48.5 Å². The summed E-state index contributed by atoms with van der Waals surface area (Å²) in [7, 11) is 7.03. The maximum atomic E-state index is 12.7.